The highest BCUT2D eigenvalue weighted by atomic mass is 35.5. The van der Waals surface area contributed by atoms with Gasteiger partial charge in [-0.15, -0.1) is 0 Å². The van der Waals surface area contributed by atoms with Crippen molar-refractivity contribution in [3.63, 3.8) is 0 Å². The van der Waals surface area contributed by atoms with Crippen molar-refractivity contribution in [2.24, 2.45) is 0 Å². The van der Waals surface area contributed by atoms with Crippen LogP contribution in [0.4, 0.5) is 19.7 Å². The van der Waals surface area contributed by atoms with Crippen molar-refractivity contribution in [3.8, 4) is 11.1 Å². The van der Waals surface area contributed by atoms with E-state index in [0.717, 1.165) is 24.4 Å². The second kappa shape index (κ2) is 7.86. The van der Waals surface area contributed by atoms with Crippen LogP contribution in [0.1, 0.15) is 0 Å². The summed E-state index contributed by atoms with van der Waals surface area (Å²) in [6.45, 7) is 5.30. The highest BCUT2D eigenvalue weighted by molar-refractivity contribution is 7.99. The third-order valence-electron chi connectivity index (χ3n) is 5.02. The van der Waals surface area contributed by atoms with E-state index in [2.05, 4.69) is 31.2 Å². The van der Waals surface area contributed by atoms with E-state index in [-0.39, 0.29) is 37.5 Å². The molecule has 0 saturated carbocycles. The van der Waals surface area contributed by atoms with Crippen LogP contribution in [0.3, 0.4) is 0 Å². The lowest BCUT2D eigenvalue weighted by Gasteiger charge is -2.38. The van der Waals surface area contributed by atoms with E-state index in [0.29, 0.717) is 16.8 Å². The monoisotopic (exact) mass is 476 g/mol. The van der Waals surface area contributed by atoms with Crippen LogP contribution in [-0.4, -0.2) is 38.4 Å². The van der Waals surface area contributed by atoms with Crippen LogP contribution in [-0.2, 0) is 0 Å². The molecule has 2 aromatic heterocycles. The van der Waals surface area contributed by atoms with Gasteiger partial charge in [-0.2, -0.15) is 0 Å². The SMILES string of the molecule is C=CSN1CC(Nc2ncnc3c(F)c(-c4ccc(F)c5sc(N)nc45)c(Cl)cc23)C1. The van der Waals surface area contributed by atoms with Crippen molar-refractivity contribution in [2.45, 2.75) is 6.04 Å². The van der Waals surface area contributed by atoms with Crippen molar-refractivity contribution < 1.29 is 8.78 Å². The second-order valence-electron chi connectivity index (χ2n) is 6.95. The number of nitrogen functional groups attached to an aromatic ring is 1. The predicted octanol–water partition coefficient (Wildman–Crippen LogP) is 5.31. The Bertz CT molecular complexity index is 1340. The van der Waals surface area contributed by atoms with E-state index in [1.165, 1.54) is 18.5 Å². The summed E-state index contributed by atoms with van der Waals surface area (Å²) in [5.41, 5.74) is 6.61. The van der Waals surface area contributed by atoms with Crippen molar-refractivity contribution in [3.05, 3.63) is 53.2 Å². The number of fused-ring (bicyclic) bond motifs is 2. The summed E-state index contributed by atoms with van der Waals surface area (Å²) < 4.78 is 32.2. The summed E-state index contributed by atoms with van der Waals surface area (Å²) in [5, 5.41) is 5.91. The van der Waals surface area contributed by atoms with Gasteiger partial charge in [0.05, 0.1) is 21.3 Å². The Morgan fingerprint density at radius 3 is 2.87 bits per heavy atom. The number of nitrogens with one attached hydrogen (secondary N) is 1. The number of rotatable bonds is 5. The standard InChI is InChI=1S/C20H15ClF2N6S2/c1-2-30-29-6-9(7-29)27-19-11-5-12(21)14(15(23)16(11)25-8-26-19)10-3-4-13(22)18-17(10)28-20(24)31-18/h2-5,8-9H,1,6-7H2,(H2,24,28)(H,25,26,27). The van der Waals surface area contributed by atoms with Crippen LogP contribution in [0.15, 0.2) is 36.5 Å². The average Bonchev–Trinajstić information content (AvgIpc) is 3.11. The van der Waals surface area contributed by atoms with Gasteiger partial charge < -0.3 is 11.1 Å². The molecule has 3 N–H and O–H groups in total. The Kier molecular flexibility index (Phi) is 5.17. The van der Waals surface area contributed by atoms with E-state index in [4.69, 9.17) is 17.3 Å². The minimum atomic E-state index is -0.620. The third-order valence-corrected chi connectivity index (χ3v) is 6.95. The van der Waals surface area contributed by atoms with Crippen molar-refractivity contribution in [2.75, 3.05) is 24.1 Å². The third kappa shape index (κ3) is 3.49. The van der Waals surface area contributed by atoms with Crippen LogP contribution < -0.4 is 11.1 Å². The maximum atomic E-state index is 15.7. The molecule has 5 rings (SSSR count). The Hall–Kier alpha value is -2.53. The van der Waals surface area contributed by atoms with Gasteiger partial charge in [0.15, 0.2) is 10.9 Å². The lowest BCUT2D eigenvalue weighted by molar-refractivity contribution is 0.311. The first kappa shape index (κ1) is 20.4. The molecule has 31 heavy (non-hydrogen) atoms. The minimum absolute atomic E-state index is 0.103. The van der Waals surface area contributed by atoms with Crippen molar-refractivity contribution in [1.29, 1.82) is 0 Å². The summed E-state index contributed by atoms with van der Waals surface area (Å²) in [5.74, 6) is -0.583. The number of nitrogens with two attached hydrogens (primary N) is 1. The predicted molar refractivity (Wildman–Crippen MR) is 124 cm³/mol. The van der Waals surface area contributed by atoms with Gasteiger partial charge in [-0.1, -0.05) is 41.5 Å². The van der Waals surface area contributed by atoms with Crippen LogP contribution >= 0.6 is 34.9 Å². The zero-order valence-electron chi connectivity index (χ0n) is 15.9. The maximum Gasteiger partial charge on any atom is 0.181 e. The Labute approximate surface area is 189 Å². The van der Waals surface area contributed by atoms with Gasteiger partial charge in [0, 0.05) is 29.6 Å². The van der Waals surface area contributed by atoms with Crippen molar-refractivity contribution in [1.82, 2.24) is 19.3 Å². The normalized spacial score (nSPS) is 14.8. The van der Waals surface area contributed by atoms with Gasteiger partial charge in [0.1, 0.15) is 23.5 Å². The minimum Gasteiger partial charge on any atom is -0.375 e. The number of anilines is 2. The van der Waals surface area contributed by atoms with E-state index in [1.807, 2.05) is 0 Å². The largest absolute Gasteiger partial charge is 0.375 e. The van der Waals surface area contributed by atoms with Gasteiger partial charge in [0.25, 0.3) is 0 Å². The molecule has 0 radical (unpaired) electrons. The Balaban J connectivity index is 1.60. The summed E-state index contributed by atoms with van der Waals surface area (Å²) >= 11 is 9.07. The number of hydrogen-bond acceptors (Lipinski definition) is 8. The molecule has 3 heterocycles. The summed E-state index contributed by atoms with van der Waals surface area (Å²) in [6.07, 6.45) is 1.31. The number of thiazole rings is 1. The van der Waals surface area contributed by atoms with Gasteiger partial charge in [0.2, 0.25) is 0 Å². The smallest absolute Gasteiger partial charge is 0.181 e. The number of halogens is 3. The molecule has 0 aliphatic carbocycles. The lowest BCUT2D eigenvalue weighted by atomic mass is 10.0. The summed E-state index contributed by atoms with van der Waals surface area (Å²) in [7, 11) is 0. The molecule has 0 bridgehead atoms. The molecule has 4 aromatic rings. The average molecular weight is 477 g/mol. The molecule has 0 unspecified atom stereocenters. The molecule has 1 aliphatic rings. The molecule has 2 aromatic carbocycles. The maximum absolute atomic E-state index is 15.7. The zero-order valence-corrected chi connectivity index (χ0v) is 18.3. The molecule has 0 atom stereocenters. The van der Waals surface area contributed by atoms with Gasteiger partial charge in [-0.3, -0.25) is 0 Å². The molecule has 0 amide bonds. The first-order valence-electron chi connectivity index (χ1n) is 9.23. The number of aromatic nitrogens is 3. The molecule has 158 valence electrons. The molecule has 11 heteroatoms. The van der Waals surface area contributed by atoms with Crippen LogP contribution in [0.25, 0.3) is 32.2 Å². The summed E-state index contributed by atoms with van der Waals surface area (Å²) in [4.78, 5) is 12.6. The zero-order chi connectivity index (χ0) is 21.7. The Morgan fingerprint density at radius 2 is 2.10 bits per heavy atom. The second-order valence-corrected chi connectivity index (χ2v) is 9.45. The van der Waals surface area contributed by atoms with Crippen molar-refractivity contribution >= 4 is 67.0 Å². The fraction of sp³-hybridized carbons (Fsp3) is 0.150. The Morgan fingerprint density at radius 1 is 1.29 bits per heavy atom. The quantitative estimate of drug-likeness (QED) is 0.378. The molecule has 0 spiro atoms. The van der Waals surface area contributed by atoms with E-state index >= 15 is 4.39 Å². The first-order chi connectivity index (χ1) is 15.0. The fourth-order valence-corrected chi connectivity index (χ4v) is 5.40. The molecular weight excluding hydrogens is 462 g/mol. The number of hydrogen-bond donors (Lipinski definition) is 2. The van der Waals surface area contributed by atoms with Gasteiger partial charge in [-0.25, -0.2) is 28.0 Å². The number of benzene rings is 2. The van der Waals surface area contributed by atoms with E-state index in [9.17, 15) is 4.39 Å². The topological polar surface area (TPSA) is 80.0 Å². The van der Waals surface area contributed by atoms with E-state index < -0.39 is 11.6 Å². The molecule has 1 saturated heterocycles. The van der Waals surface area contributed by atoms with Gasteiger partial charge in [-0.05, 0) is 23.6 Å². The molecule has 1 fully saturated rings. The molecule has 6 nitrogen and oxygen atoms in total. The van der Waals surface area contributed by atoms with Gasteiger partial charge >= 0.3 is 0 Å². The number of nitrogens with zero attached hydrogens (tertiary/aromatic N) is 4. The highest BCUT2D eigenvalue weighted by Crippen LogP contribution is 2.41. The van der Waals surface area contributed by atoms with E-state index in [1.54, 1.807) is 23.4 Å². The van der Waals surface area contributed by atoms with Crippen LogP contribution in [0.2, 0.25) is 5.02 Å². The first-order valence-corrected chi connectivity index (χ1v) is 11.3. The highest BCUT2D eigenvalue weighted by Gasteiger charge is 2.28. The molecular formula is C20H15ClF2N6S2. The summed E-state index contributed by atoms with van der Waals surface area (Å²) in [6, 6.07) is 4.50. The van der Waals surface area contributed by atoms with Crippen LogP contribution in [0, 0.1) is 11.6 Å². The fourth-order valence-electron chi connectivity index (χ4n) is 3.60. The molecule has 1 aliphatic heterocycles. The lowest BCUT2D eigenvalue weighted by Crippen LogP contribution is -2.51. The van der Waals surface area contributed by atoms with Crippen LogP contribution in [0.5, 0.6) is 0 Å².